The lowest BCUT2D eigenvalue weighted by Gasteiger charge is -2.25. The van der Waals surface area contributed by atoms with Crippen LogP contribution in [0.2, 0.25) is 0 Å². The van der Waals surface area contributed by atoms with Crippen LogP contribution in [0.3, 0.4) is 0 Å². The van der Waals surface area contributed by atoms with Gasteiger partial charge in [0.2, 0.25) is 10.0 Å². The molecule has 1 aliphatic heterocycles. The Morgan fingerprint density at radius 1 is 1.13 bits per heavy atom. The number of nitrogens with zero attached hydrogens (tertiary/aromatic N) is 1. The van der Waals surface area contributed by atoms with Gasteiger partial charge in [-0.15, -0.1) is 0 Å². The maximum absolute atomic E-state index is 13.0. The minimum atomic E-state index is -3.52. The van der Waals surface area contributed by atoms with Crippen LogP contribution in [-0.2, 0) is 10.0 Å². The van der Waals surface area contributed by atoms with Crippen LogP contribution in [0.1, 0.15) is 67.5 Å². The molecule has 1 saturated heterocycles. The average molecular weight is 431 g/mol. The van der Waals surface area contributed by atoms with E-state index in [2.05, 4.69) is 11.4 Å². The average Bonchev–Trinajstić information content (AvgIpc) is 3.11. The Kier molecular flexibility index (Phi) is 6.29. The molecule has 2 heterocycles. The molecule has 1 N–H and O–H groups in total. The molecule has 2 aliphatic rings. The van der Waals surface area contributed by atoms with Crippen molar-refractivity contribution in [2.24, 2.45) is 0 Å². The van der Waals surface area contributed by atoms with Crippen molar-refractivity contribution in [3.05, 3.63) is 41.2 Å². The minimum absolute atomic E-state index is 0.249. The lowest BCUT2D eigenvalue weighted by Crippen LogP contribution is -2.35. The van der Waals surface area contributed by atoms with Crippen LogP contribution in [-0.4, -0.2) is 38.3 Å². The zero-order valence-corrected chi connectivity index (χ0v) is 18.4. The normalized spacial score (nSPS) is 18.4. The van der Waals surface area contributed by atoms with Crippen molar-refractivity contribution in [1.29, 1.82) is 0 Å². The number of benzene rings is 1. The second-order valence-corrected chi connectivity index (χ2v) is 10.2. The Hall–Kier alpha value is -2.12. The second kappa shape index (κ2) is 8.94. The Balaban J connectivity index is 1.50. The molecule has 1 aromatic carbocycles. The number of fused-ring (bicyclic) bond motifs is 1. The maximum atomic E-state index is 13.0. The monoisotopic (exact) mass is 430 g/mol. The van der Waals surface area contributed by atoms with Crippen LogP contribution in [0, 0.1) is 6.92 Å². The summed E-state index contributed by atoms with van der Waals surface area (Å²) in [6.07, 6.45) is 10.7. The SMILES string of the molecule is Cc1c(C(=O)NCCC2=CCCCC2)oc2ccc(S(=O)(=O)N3CCCCC3)cc12. The first-order chi connectivity index (χ1) is 14.5. The Morgan fingerprint density at radius 3 is 2.67 bits per heavy atom. The van der Waals surface area contributed by atoms with Crippen molar-refractivity contribution < 1.29 is 17.6 Å². The van der Waals surface area contributed by atoms with Gasteiger partial charge in [-0.1, -0.05) is 18.1 Å². The molecule has 1 aromatic heterocycles. The summed E-state index contributed by atoms with van der Waals surface area (Å²) in [6.45, 7) is 3.51. The number of carbonyl (C=O) groups is 1. The number of sulfonamides is 1. The third-order valence-electron chi connectivity index (χ3n) is 6.18. The summed E-state index contributed by atoms with van der Waals surface area (Å²) in [6, 6.07) is 4.87. The molecule has 0 unspecified atom stereocenters. The first kappa shape index (κ1) is 21.1. The van der Waals surface area contributed by atoms with E-state index < -0.39 is 10.0 Å². The third kappa shape index (κ3) is 4.32. The Labute approximate surface area is 178 Å². The summed E-state index contributed by atoms with van der Waals surface area (Å²) in [5.74, 6) is 0.00990. The standard InChI is InChI=1S/C23H30N2O4S/c1-17-20-16-19(30(27,28)25-14-6-3-7-15-25)10-11-21(20)29-22(17)23(26)24-13-12-18-8-4-2-5-9-18/h8,10-11,16H,2-7,9,12-15H2,1H3,(H,24,26). The summed E-state index contributed by atoms with van der Waals surface area (Å²) >= 11 is 0. The van der Waals surface area contributed by atoms with Crippen molar-refractivity contribution in [3.8, 4) is 0 Å². The number of furan rings is 1. The first-order valence-electron chi connectivity index (χ1n) is 11.0. The fraction of sp³-hybridized carbons (Fsp3) is 0.522. The molecule has 2 aromatic rings. The van der Waals surface area contributed by atoms with Gasteiger partial charge < -0.3 is 9.73 Å². The zero-order valence-electron chi connectivity index (χ0n) is 17.6. The highest BCUT2D eigenvalue weighted by molar-refractivity contribution is 7.89. The number of piperidine rings is 1. The molecule has 1 fully saturated rings. The van der Waals surface area contributed by atoms with E-state index in [-0.39, 0.29) is 16.6 Å². The van der Waals surface area contributed by atoms with Gasteiger partial charge in [-0.3, -0.25) is 4.79 Å². The van der Waals surface area contributed by atoms with Gasteiger partial charge in [-0.25, -0.2) is 8.42 Å². The van der Waals surface area contributed by atoms with Gasteiger partial charge in [-0.2, -0.15) is 4.31 Å². The summed E-state index contributed by atoms with van der Waals surface area (Å²) < 4.78 is 33.3. The van der Waals surface area contributed by atoms with Gasteiger partial charge in [0, 0.05) is 30.6 Å². The van der Waals surface area contributed by atoms with Crippen molar-refractivity contribution in [2.45, 2.75) is 63.2 Å². The molecular weight excluding hydrogens is 400 g/mol. The van der Waals surface area contributed by atoms with E-state index in [1.54, 1.807) is 22.5 Å². The van der Waals surface area contributed by atoms with E-state index in [0.717, 1.165) is 38.5 Å². The van der Waals surface area contributed by atoms with Crippen molar-refractivity contribution in [2.75, 3.05) is 19.6 Å². The van der Waals surface area contributed by atoms with Crippen molar-refractivity contribution >= 4 is 26.9 Å². The number of rotatable bonds is 6. The smallest absolute Gasteiger partial charge is 0.287 e. The molecule has 30 heavy (non-hydrogen) atoms. The third-order valence-corrected chi connectivity index (χ3v) is 8.08. The molecule has 1 aliphatic carbocycles. The van der Waals surface area contributed by atoms with Crippen LogP contribution >= 0.6 is 0 Å². The molecule has 0 spiro atoms. The van der Waals surface area contributed by atoms with Crippen LogP contribution in [0.15, 0.2) is 39.2 Å². The highest BCUT2D eigenvalue weighted by Gasteiger charge is 2.27. The Bertz CT molecular complexity index is 1060. The molecule has 6 nitrogen and oxygen atoms in total. The number of hydrogen-bond acceptors (Lipinski definition) is 4. The first-order valence-corrected chi connectivity index (χ1v) is 12.4. The van der Waals surface area contributed by atoms with Crippen LogP contribution in [0.4, 0.5) is 0 Å². The number of aryl methyl sites for hydroxylation is 1. The quantitative estimate of drug-likeness (QED) is 0.683. The van der Waals surface area contributed by atoms with Crippen LogP contribution in [0.5, 0.6) is 0 Å². The lowest BCUT2D eigenvalue weighted by molar-refractivity contribution is 0.0927. The number of nitrogens with one attached hydrogen (secondary N) is 1. The van der Waals surface area contributed by atoms with E-state index in [0.29, 0.717) is 36.2 Å². The molecule has 7 heteroatoms. The highest BCUT2D eigenvalue weighted by atomic mass is 32.2. The van der Waals surface area contributed by atoms with E-state index in [1.807, 2.05) is 6.92 Å². The molecule has 4 rings (SSSR count). The molecule has 0 saturated carbocycles. The summed E-state index contributed by atoms with van der Waals surface area (Å²) in [5.41, 5.74) is 2.62. The van der Waals surface area contributed by atoms with Gasteiger partial charge in [0.25, 0.3) is 5.91 Å². The number of allylic oxidation sites excluding steroid dienone is 1. The minimum Gasteiger partial charge on any atom is -0.451 e. The second-order valence-electron chi connectivity index (χ2n) is 8.29. The summed E-state index contributed by atoms with van der Waals surface area (Å²) in [4.78, 5) is 12.9. The van der Waals surface area contributed by atoms with Gasteiger partial charge in [0.15, 0.2) is 5.76 Å². The molecule has 0 bridgehead atoms. The summed E-state index contributed by atoms with van der Waals surface area (Å²) in [5, 5.41) is 3.62. The van der Waals surface area contributed by atoms with E-state index in [4.69, 9.17) is 4.42 Å². The zero-order chi connectivity index (χ0) is 21.1. The predicted molar refractivity (Wildman–Crippen MR) is 117 cm³/mol. The van der Waals surface area contributed by atoms with Crippen LogP contribution < -0.4 is 5.32 Å². The molecule has 0 atom stereocenters. The number of hydrogen-bond donors (Lipinski definition) is 1. The van der Waals surface area contributed by atoms with Gasteiger partial charge in [0.05, 0.1) is 4.90 Å². The molecule has 1 amide bonds. The van der Waals surface area contributed by atoms with Crippen molar-refractivity contribution in [1.82, 2.24) is 9.62 Å². The van der Waals surface area contributed by atoms with Gasteiger partial charge >= 0.3 is 0 Å². The fourth-order valence-corrected chi connectivity index (χ4v) is 5.92. The fourth-order valence-electron chi connectivity index (χ4n) is 4.38. The van der Waals surface area contributed by atoms with E-state index in [1.165, 1.54) is 18.4 Å². The van der Waals surface area contributed by atoms with E-state index in [9.17, 15) is 13.2 Å². The van der Waals surface area contributed by atoms with Gasteiger partial charge in [-0.05, 0) is 70.1 Å². The number of amides is 1. The lowest BCUT2D eigenvalue weighted by atomic mass is 9.97. The van der Waals surface area contributed by atoms with E-state index >= 15 is 0 Å². The largest absolute Gasteiger partial charge is 0.451 e. The molecule has 162 valence electrons. The molecular formula is C23H30N2O4S. The molecule has 0 radical (unpaired) electrons. The topological polar surface area (TPSA) is 79.6 Å². The predicted octanol–water partition coefficient (Wildman–Crippen LogP) is 4.54. The van der Waals surface area contributed by atoms with Crippen molar-refractivity contribution in [3.63, 3.8) is 0 Å². The number of carbonyl (C=O) groups excluding carboxylic acids is 1. The Morgan fingerprint density at radius 2 is 1.93 bits per heavy atom. The van der Waals surface area contributed by atoms with Crippen LogP contribution in [0.25, 0.3) is 11.0 Å². The highest BCUT2D eigenvalue weighted by Crippen LogP contribution is 2.30. The maximum Gasteiger partial charge on any atom is 0.287 e. The van der Waals surface area contributed by atoms with Gasteiger partial charge in [0.1, 0.15) is 5.58 Å². The summed E-state index contributed by atoms with van der Waals surface area (Å²) in [7, 11) is -3.52.